The number of nitrogens with one attached hydrogen (secondary N) is 5. The first-order valence-electron chi connectivity index (χ1n) is 17.3. The molecule has 54 heavy (non-hydrogen) atoms. The number of amides is 5. The molecule has 2 aromatic carbocycles. The standard InChI is InChI=1S/C37H42ClN9O7/c1-46-20-25(18-28(46)35(51)40-15-4-3-14-39)42-37(53)34-45-31(21-47(34)2)44-33(50)7-5-6-32(49)41-24-9-11-29-23(16-24)17-30(54-29)36(52)43-27-19-26(48)10-8-22(27)12-13-38/h8-11,16-21,48H,3-7,12-15,39H2,1-2H3,(H,40,51)(H,41,49)(H,42,53)(H,43,52)(H,44,50). The summed E-state index contributed by atoms with van der Waals surface area (Å²) in [7, 11) is 3.31. The lowest BCUT2D eigenvalue weighted by Gasteiger charge is -2.09. The Labute approximate surface area is 315 Å². The van der Waals surface area contributed by atoms with Crippen LogP contribution in [-0.4, -0.2) is 67.7 Å². The summed E-state index contributed by atoms with van der Waals surface area (Å²) < 4.78 is 8.78. The van der Waals surface area contributed by atoms with Crippen LogP contribution in [0.15, 0.2) is 65.3 Å². The third-order valence-electron chi connectivity index (χ3n) is 8.30. The number of alkyl halides is 1. The number of carbonyl (C=O) groups is 5. The van der Waals surface area contributed by atoms with Crippen molar-refractivity contribution in [2.24, 2.45) is 19.8 Å². The number of rotatable bonds is 17. The van der Waals surface area contributed by atoms with Crippen molar-refractivity contribution in [2.75, 3.05) is 40.2 Å². The van der Waals surface area contributed by atoms with E-state index in [4.69, 9.17) is 21.8 Å². The molecule has 0 aliphatic rings. The van der Waals surface area contributed by atoms with Gasteiger partial charge in [0, 0.05) is 74.6 Å². The molecular weight excluding hydrogens is 718 g/mol. The van der Waals surface area contributed by atoms with E-state index in [1.165, 1.54) is 22.9 Å². The molecule has 0 bridgehead atoms. The molecule has 284 valence electrons. The SMILES string of the molecule is Cn1cc(NC(=O)c2nc(NC(=O)CCCC(=O)Nc3ccc4oc(C(=O)Nc5cc(O)ccc5CCCl)cc4c3)cn2C)cc1C(=O)NCCCCN. The van der Waals surface area contributed by atoms with Crippen LogP contribution >= 0.6 is 11.6 Å². The van der Waals surface area contributed by atoms with Gasteiger partial charge in [0.05, 0.1) is 5.69 Å². The number of unbranched alkanes of at least 4 members (excludes halogenated alkanes) is 1. The topological polar surface area (TPSA) is 228 Å². The van der Waals surface area contributed by atoms with Crippen LogP contribution in [0.1, 0.15) is 69.3 Å². The Morgan fingerprint density at radius 1 is 0.815 bits per heavy atom. The van der Waals surface area contributed by atoms with E-state index in [0.29, 0.717) is 59.1 Å². The van der Waals surface area contributed by atoms with Gasteiger partial charge in [-0.25, -0.2) is 4.98 Å². The fourth-order valence-corrected chi connectivity index (χ4v) is 5.80. The van der Waals surface area contributed by atoms with E-state index in [1.807, 2.05) is 0 Å². The van der Waals surface area contributed by atoms with Crippen molar-refractivity contribution in [1.82, 2.24) is 19.4 Å². The van der Waals surface area contributed by atoms with Crippen LogP contribution < -0.4 is 32.3 Å². The van der Waals surface area contributed by atoms with Crippen molar-refractivity contribution in [2.45, 2.75) is 38.5 Å². The van der Waals surface area contributed by atoms with E-state index in [2.05, 4.69) is 31.6 Å². The molecule has 5 aromatic rings. The number of hydrogen-bond donors (Lipinski definition) is 7. The van der Waals surface area contributed by atoms with Gasteiger partial charge in [-0.1, -0.05) is 6.07 Å². The van der Waals surface area contributed by atoms with Gasteiger partial charge < -0.3 is 51.0 Å². The first-order chi connectivity index (χ1) is 25.9. The second-order valence-corrected chi connectivity index (χ2v) is 12.9. The van der Waals surface area contributed by atoms with Crippen LogP contribution in [0.3, 0.4) is 0 Å². The molecule has 0 atom stereocenters. The molecule has 0 radical (unpaired) electrons. The molecule has 16 nitrogen and oxygen atoms in total. The molecule has 5 amide bonds. The lowest BCUT2D eigenvalue weighted by molar-refractivity contribution is -0.117. The third kappa shape index (κ3) is 10.3. The summed E-state index contributed by atoms with van der Waals surface area (Å²) in [5, 5.41) is 24.2. The van der Waals surface area contributed by atoms with Gasteiger partial charge in [0.15, 0.2) is 11.6 Å². The average molecular weight is 760 g/mol. The van der Waals surface area contributed by atoms with E-state index >= 15 is 0 Å². The van der Waals surface area contributed by atoms with Crippen molar-refractivity contribution < 1.29 is 33.5 Å². The zero-order chi connectivity index (χ0) is 38.8. The minimum absolute atomic E-state index is 0.00328. The minimum atomic E-state index is -0.534. The molecule has 3 aromatic heterocycles. The number of fused-ring (bicyclic) bond motifs is 1. The van der Waals surface area contributed by atoms with Crippen LogP contribution in [0.5, 0.6) is 5.75 Å². The van der Waals surface area contributed by atoms with Gasteiger partial charge in [0.2, 0.25) is 17.6 Å². The Hall–Kier alpha value is -6.13. The number of hydrogen-bond acceptors (Lipinski definition) is 9. The van der Waals surface area contributed by atoms with E-state index in [-0.39, 0.29) is 60.1 Å². The summed E-state index contributed by atoms with van der Waals surface area (Å²) in [6.45, 7) is 1.05. The number of furan rings is 1. The van der Waals surface area contributed by atoms with Crippen LogP contribution in [0.25, 0.3) is 11.0 Å². The zero-order valence-electron chi connectivity index (χ0n) is 29.8. The average Bonchev–Trinajstić information content (AvgIpc) is 3.83. The van der Waals surface area contributed by atoms with Crippen molar-refractivity contribution >= 4 is 75.0 Å². The van der Waals surface area contributed by atoms with E-state index in [9.17, 15) is 29.1 Å². The van der Waals surface area contributed by atoms with Crippen LogP contribution in [0, 0.1) is 0 Å². The lowest BCUT2D eigenvalue weighted by Crippen LogP contribution is -2.26. The number of aromatic hydroxyl groups is 1. The van der Waals surface area contributed by atoms with Crippen molar-refractivity contribution in [3.8, 4) is 5.75 Å². The van der Waals surface area contributed by atoms with E-state index in [0.717, 1.165) is 18.4 Å². The number of aryl methyl sites for hydroxylation is 3. The van der Waals surface area contributed by atoms with Crippen molar-refractivity contribution in [1.29, 1.82) is 0 Å². The van der Waals surface area contributed by atoms with Gasteiger partial charge in [0.25, 0.3) is 17.7 Å². The summed E-state index contributed by atoms with van der Waals surface area (Å²) in [6.07, 6.45) is 5.50. The number of phenols is 1. The Morgan fingerprint density at radius 3 is 2.35 bits per heavy atom. The Balaban J connectivity index is 1.08. The molecule has 0 fully saturated rings. The number of anilines is 4. The van der Waals surface area contributed by atoms with E-state index in [1.54, 1.807) is 61.3 Å². The maximum absolute atomic E-state index is 13.0. The molecule has 17 heteroatoms. The number of benzene rings is 2. The fraction of sp³-hybridized carbons (Fsp3) is 0.297. The third-order valence-corrected chi connectivity index (χ3v) is 8.48. The summed E-state index contributed by atoms with van der Waals surface area (Å²) in [5.41, 5.74) is 8.37. The molecule has 0 aliphatic heterocycles. The van der Waals surface area contributed by atoms with Gasteiger partial charge in [-0.3, -0.25) is 24.0 Å². The van der Waals surface area contributed by atoms with Crippen molar-refractivity contribution in [3.63, 3.8) is 0 Å². The summed E-state index contributed by atoms with van der Waals surface area (Å²) in [6, 6.07) is 12.7. The smallest absolute Gasteiger partial charge is 0.291 e. The quantitative estimate of drug-likeness (QED) is 0.0514. The number of aromatic nitrogens is 3. The lowest BCUT2D eigenvalue weighted by atomic mass is 10.1. The van der Waals surface area contributed by atoms with Gasteiger partial charge in [0.1, 0.15) is 17.0 Å². The predicted octanol–water partition coefficient (Wildman–Crippen LogP) is 4.71. The number of halogens is 1. The van der Waals surface area contributed by atoms with Gasteiger partial charge >= 0.3 is 0 Å². The molecule has 0 aliphatic carbocycles. The molecule has 0 spiro atoms. The molecule has 0 unspecified atom stereocenters. The summed E-state index contributed by atoms with van der Waals surface area (Å²) in [4.78, 5) is 68.0. The minimum Gasteiger partial charge on any atom is -0.508 e. The number of imidazole rings is 1. The number of nitrogens with zero attached hydrogens (tertiary/aromatic N) is 3. The number of phenolic OH excluding ortho intramolecular Hbond substituents is 1. The largest absolute Gasteiger partial charge is 0.508 e. The van der Waals surface area contributed by atoms with Crippen LogP contribution in [-0.2, 0) is 30.1 Å². The van der Waals surface area contributed by atoms with Crippen LogP contribution in [0.4, 0.5) is 22.9 Å². The highest BCUT2D eigenvalue weighted by Crippen LogP contribution is 2.27. The van der Waals surface area contributed by atoms with Crippen molar-refractivity contribution in [3.05, 3.63) is 83.8 Å². The molecule has 5 rings (SSSR count). The van der Waals surface area contributed by atoms with Gasteiger partial charge in [-0.05, 0) is 74.2 Å². The normalized spacial score (nSPS) is 11.0. The maximum Gasteiger partial charge on any atom is 0.291 e. The summed E-state index contributed by atoms with van der Waals surface area (Å²) in [5.74, 6) is -1.43. The maximum atomic E-state index is 13.0. The van der Waals surface area contributed by atoms with E-state index < -0.39 is 11.8 Å². The molecule has 0 saturated carbocycles. The molecule has 3 heterocycles. The first kappa shape index (κ1) is 39.1. The molecule has 0 saturated heterocycles. The first-order valence-corrected chi connectivity index (χ1v) is 17.8. The summed E-state index contributed by atoms with van der Waals surface area (Å²) >= 11 is 5.87. The van der Waals surface area contributed by atoms with Gasteiger partial charge in [-0.2, -0.15) is 0 Å². The second-order valence-electron chi connectivity index (χ2n) is 12.5. The van der Waals surface area contributed by atoms with Gasteiger partial charge in [-0.15, -0.1) is 11.6 Å². The molecule has 8 N–H and O–H groups in total. The predicted molar refractivity (Wildman–Crippen MR) is 205 cm³/mol. The van der Waals surface area contributed by atoms with Crippen LogP contribution in [0.2, 0.25) is 0 Å². The zero-order valence-corrected chi connectivity index (χ0v) is 30.6. The molecular formula is C37H42ClN9O7. The fourth-order valence-electron chi connectivity index (χ4n) is 5.60. The Bertz CT molecular complexity index is 2170. The second kappa shape index (κ2) is 18.1. The highest BCUT2D eigenvalue weighted by atomic mass is 35.5. The highest BCUT2D eigenvalue weighted by Gasteiger charge is 2.19. The monoisotopic (exact) mass is 759 g/mol. The Kier molecular flexibility index (Phi) is 13.1. The Morgan fingerprint density at radius 2 is 1.59 bits per heavy atom. The highest BCUT2D eigenvalue weighted by molar-refractivity contribution is 6.18. The number of nitrogens with two attached hydrogens (primary N) is 1. The number of carbonyl (C=O) groups excluding carboxylic acids is 5.